The summed E-state index contributed by atoms with van der Waals surface area (Å²) in [4.78, 5) is 67.1. The lowest BCUT2D eigenvalue weighted by Crippen LogP contribution is -2.70. The van der Waals surface area contributed by atoms with E-state index in [0.29, 0.717) is 12.8 Å². The summed E-state index contributed by atoms with van der Waals surface area (Å²) in [5, 5.41) is 61.1. The Kier molecular flexibility index (Phi) is 20.0. The highest BCUT2D eigenvalue weighted by molar-refractivity contribution is 5.70. The molecule has 25 heteroatoms. The van der Waals surface area contributed by atoms with Crippen molar-refractivity contribution in [2.24, 2.45) is 0 Å². The van der Waals surface area contributed by atoms with Gasteiger partial charge in [0.05, 0.1) is 36.9 Å². The highest BCUT2D eigenvalue weighted by Crippen LogP contribution is 2.42. The zero-order chi connectivity index (χ0) is 56.2. The van der Waals surface area contributed by atoms with Crippen molar-refractivity contribution in [3.63, 3.8) is 0 Å². The molecule has 9 N–H and O–H groups in total. The van der Waals surface area contributed by atoms with Crippen LogP contribution in [0, 0.1) is 0 Å². The van der Waals surface area contributed by atoms with E-state index < -0.39 is 169 Å². The van der Waals surface area contributed by atoms with Crippen LogP contribution in [0.2, 0.25) is 0 Å². The Morgan fingerprint density at radius 3 is 1.53 bits per heavy atom. The summed E-state index contributed by atoms with van der Waals surface area (Å²) in [6, 6.07) is -5.41. The molecular formula is C50H87N5O20. The molecule has 15 unspecified atom stereocenters. The van der Waals surface area contributed by atoms with E-state index in [1.165, 1.54) is 0 Å². The molecule has 2 aliphatic carbocycles. The fraction of sp³-hybridized carbons (Fsp3) is 0.900. The molecule has 3 heterocycles. The molecule has 15 atom stereocenters. The molecule has 2 saturated carbocycles. The smallest absolute Gasteiger partial charge is 0.408 e. The maximum absolute atomic E-state index is 13.8. The van der Waals surface area contributed by atoms with Crippen molar-refractivity contribution in [1.82, 2.24) is 26.6 Å². The molecule has 25 nitrogen and oxygen atoms in total. The topological polar surface area (TPSA) is 328 Å². The lowest BCUT2D eigenvalue weighted by atomic mass is 9.89. The molecule has 5 aliphatic rings. The second-order valence-electron chi connectivity index (χ2n) is 25.0. The maximum atomic E-state index is 13.8. The lowest BCUT2D eigenvalue weighted by Gasteiger charge is -2.53. The van der Waals surface area contributed by atoms with Gasteiger partial charge in [0.25, 0.3) is 0 Å². The molecule has 3 aliphatic heterocycles. The van der Waals surface area contributed by atoms with E-state index in [2.05, 4.69) is 26.6 Å². The minimum atomic E-state index is -1.86. The van der Waals surface area contributed by atoms with Crippen LogP contribution in [0.3, 0.4) is 0 Å². The minimum absolute atomic E-state index is 0.0108. The van der Waals surface area contributed by atoms with E-state index in [4.69, 9.17) is 52.1 Å². The Bertz CT molecular complexity index is 1940. The van der Waals surface area contributed by atoms with Crippen molar-refractivity contribution in [3.8, 4) is 0 Å². The van der Waals surface area contributed by atoms with Gasteiger partial charge in [0, 0.05) is 25.8 Å². The number of hydrogen-bond donors (Lipinski definition) is 9. The summed E-state index contributed by atoms with van der Waals surface area (Å²) >= 11 is 0. The van der Waals surface area contributed by atoms with Crippen LogP contribution in [0.4, 0.5) is 24.0 Å². The monoisotopic (exact) mass is 1080 g/mol. The number of hydrogen-bond acceptors (Lipinski definition) is 20. The van der Waals surface area contributed by atoms with Crippen molar-refractivity contribution in [2.45, 2.75) is 274 Å². The molecule has 5 amide bonds. The van der Waals surface area contributed by atoms with E-state index in [0.717, 1.165) is 19.3 Å². The average molecular weight is 1080 g/mol. The van der Waals surface area contributed by atoms with E-state index in [9.17, 15) is 44.4 Å². The average Bonchev–Trinajstić information content (AvgIpc) is 3.33. The molecule has 432 valence electrons. The summed E-state index contributed by atoms with van der Waals surface area (Å²) in [6.07, 6.45) is -18.3. The Hall–Kier alpha value is -4.05. The molecule has 0 bridgehead atoms. The number of aliphatic hydroxyl groups is 4. The SMILES string of the molecule is CC(C)(C)OC(=O)NCC1OC(OC2C(O)CC(OC3OC4COC5(CCCCC5)OC4C(NC(=O)OC(C)(C)C)C3O)C(NC(=O)OC(C)(C)C)CC2NC(=O)OC(C)(C)C)C(NC(=O)OC(C)(C)C)C(O)C1O. The number of amides is 5. The molecule has 0 aromatic carbocycles. The molecule has 3 saturated heterocycles. The molecule has 0 aromatic rings. The first-order valence-corrected chi connectivity index (χ1v) is 26.0. The van der Waals surface area contributed by atoms with Gasteiger partial charge in [-0.15, -0.1) is 0 Å². The Morgan fingerprint density at radius 2 is 1.01 bits per heavy atom. The van der Waals surface area contributed by atoms with E-state index >= 15 is 0 Å². The predicted octanol–water partition coefficient (Wildman–Crippen LogP) is 3.62. The van der Waals surface area contributed by atoms with Gasteiger partial charge in [-0.3, -0.25) is 0 Å². The van der Waals surface area contributed by atoms with E-state index in [1.807, 2.05) is 0 Å². The zero-order valence-corrected chi connectivity index (χ0v) is 46.3. The van der Waals surface area contributed by atoms with Crippen molar-refractivity contribution in [1.29, 1.82) is 0 Å². The summed E-state index contributed by atoms with van der Waals surface area (Å²) in [5.74, 6) is -0.977. The number of ether oxygens (including phenoxy) is 11. The molecule has 75 heavy (non-hydrogen) atoms. The second-order valence-corrected chi connectivity index (χ2v) is 25.0. The van der Waals surface area contributed by atoms with Crippen molar-refractivity contribution >= 4 is 30.5 Å². The third kappa shape index (κ3) is 18.8. The normalized spacial score (nSPS) is 33.6. The fourth-order valence-electron chi connectivity index (χ4n) is 9.35. The Balaban J connectivity index is 1.55. The lowest BCUT2D eigenvalue weighted by molar-refractivity contribution is -0.386. The first kappa shape index (κ1) is 61.8. The highest BCUT2D eigenvalue weighted by atomic mass is 16.8. The van der Waals surface area contributed by atoms with Gasteiger partial charge in [-0.05, 0) is 123 Å². The van der Waals surface area contributed by atoms with Crippen LogP contribution >= 0.6 is 0 Å². The number of carbonyl (C=O) groups excluding carboxylic acids is 5. The molecule has 0 radical (unpaired) electrons. The van der Waals surface area contributed by atoms with E-state index in [-0.39, 0.29) is 13.0 Å². The third-order valence-electron chi connectivity index (χ3n) is 12.3. The zero-order valence-electron chi connectivity index (χ0n) is 46.3. The van der Waals surface area contributed by atoms with Crippen molar-refractivity contribution < 1.29 is 96.5 Å². The van der Waals surface area contributed by atoms with Crippen LogP contribution in [0.5, 0.6) is 0 Å². The number of aliphatic hydroxyl groups excluding tert-OH is 4. The van der Waals surface area contributed by atoms with E-state index in [1.54, 1.807) is 104 Å². The second kappa shape index (κ2) is 24.3. The quantitative estimate of drug-likeness (QED) is 0.111. The van der Waals surface area contributed by atoms with Crippen LogP contribution in [-0.4, -0.2) is 190 Å². The Morgan fingerprint density at radius 1 is 0.533 bits per heavy atom. The summed E-state index contributed by atoms with van der Waals surface area (Å²) in [5.41, 5.74) is -4.88. The number of rotatable bonds is 10. The first-order valence-electron chi connectivity index (χ1n) is 26.0. The predicted molar refractivity (Wildman–Crippen MR) is 264 cm³/mol. The fourth-order valence-corrected chi connectivity index (χ4v) is 9.35. The maximum Gasteiger partial charge on any atom is 0.408 e. The van der Waals surface area contributed by atoms with Gasteiger partial charge in [0.2, 0.25) is 0 Å². The standard InChI is InChI=1S/C50H87N5O20/c1-45(2,3)71-40(60)51-23-29-33(57)34(58)32(55-44(64)75-49(13,14)15)38(67-29)69-36-26(53-42(62)73-47(7,8)9)21-25(52-41(61)72-46(4,5)6)28(22-27(36)56)66-39-35(59)31(54-43(63)74-48(10,11)12)37-30(68-39)24-65-50(70-37)19-17-16-18-20-50/h25-39,56-59H,16-24H2,1-15H3,(H,51,60)(H,52,61)(H,53,62)(H,54,63)(H,55,64). The highest BCUT2D eigenvalue weighted by Gasteiger charge is 2.56. The summed E-state index contributed by atoms with van der Waals surface area (Å²) in [6.45, 7) is 24.2. The molecule has 1 spiro atoms. The molecule has 5 rings (SSSR count). The van der Waals surface area contributed by atoms with Crippen molar-refractivity contribution in [2.75, 3.05) is 13.2 Å². The minimum Gasteiger partial charge on any atom is -0.444 e. The Labute approximate surface area is 440 Å². The molecule has 5 fully saturated rings. The first-order chi connectivity index (χ1) is 34.4. The van der Waals surface area contributed by atoms with Gasteiger partial charge >= 0.3 is 30.5 Å². The largest absolute Gasteiger partial charge is 0.444 e. The van der Waals surface area contributed by atoms with Gasteiger partial charge in [-0.1, -0.05) is 6.42 Å². The van der Waals surface area contributed by atoms with Gasteiger partial charge in [0.1, 0.15) is 76.8 Å². The molecule has 0 aromatic heterocycles. The van der Waals surface area contributed by atoms with Crippen LogP contribution in [0.1, 0.15) is 149 Å². The number of nitrogens with one attached hydrogen (secondary N) is 5. The third-order valence-corrected chi connectivity index (χ3v) is 12.3. The number of fused-ring (bicyclic) bond motifs is 1. The number of alkyl carbamates (subject to hydrolysis) is 5. The van der Waals surface area contributed by atoms with Crippen molar-refractivity contribution in [3.05, 3.63) is 0 Å². The van der Waals surface area contributed by atoms with Gasteiger partial charge in [-0.25, -0.2) is 24.0 Å². The number of carbonyl (C=O) groups is 5. The summed E-state index contributed by atoms with van der Waals surface area (Å²) < 4.78 is 66.5. The van der Waals surface area contributed by atoms with Gasteiger partial charge < -0.3 is 99.1 Å². The van der Waals surface area contributed by atoms with Gasteiger partial charge in [0.15, 0.2) is 18.4 Å². The van der Waals surface area contributed by atoms with Crippen LogP contribution < -0.4 is 26.6 Å². The molecular weight excluding hydrogens is 991 g/mol. The summed E-state index contributed by atoms with van der Waals surface area (Å²) in [7, 11) is 0. The van der Waals surface area contributed by atoms with Gasteiger partial charge in [-0.2, -0.15) is 0 Å². The van der Waals surface area contributed by atoms with Crippen LogP contribution in [0.15, 0.2) is 0 Å². The van der Waals surface area contributed by atoms with Crippen LogP contribution in [0.25, 0.3) is 0 Å². The van der Waals surface area contributed by atoms with Crippen LogP contribution in [-0.2, 0) is 52.1 Å².